The zero-order chi connectivity index (χ0) is 12.4. The predicted octanol–water partition coefficient (Wildman–Crippen LogP) is 4.53. The number of aryl methyl sites for hydroxylation is 1. The minimum Gasteiger partial charge on any atom is -0.496 e. The van der Waals surface area contributed by atoms with Crippen LogP contribution in [0.5, 0.6) is 5.75 Å². The van der Waals surface area contributed by atoms with Crippen LogP contribution in [-0.2, 0) is 6.42 Å². The van der Waals surface area contributed by atoms with Crippen LogP contribution in [0.4, 0.5) is 0 Å². The largest absolute Gasteiger partial charge is 0.496 e. The molecule has 0 fully saturated rings. The number of ether oxygens (including phenoxy) is 1. The van der Waals surface area contributed by atoms with Crippen molar-refractivity contribution >= 4 is 10.8 Å². The molecule has 0 aliphatic carbocycles. The molecule has 0 aromatic heterocycles. The minimum absolute atomic E-state index is 0.486. The molecule has 0 unspecified atom stereocenters. The van der Waals surface area contributed by atoms with Crippen LogP contribution in [0.1, 0.15) is 37.8 Å². The van der Waals surface area contributed by atoms with E-state index in [4.69, 9.17) is 4.74 Å². The van der Waals surface area contributed by atoms with Gasteiger partial charge >= 0.3 is 0 Å². The van der Waals surface area contributed by atoms with Crippen LogP contribution in [-0.4, -0.2) is 7.11 Å². The average Bonchev–Trinajstić information content (AvgIpc) is 2.36. The molecule has 0 aliphatic rings. The Morgan fingerprint density at radius 2 is 1.94 bits per heavy atom. The van der Waals surface area contributed by atoms with Gasteiger partial charge in [0, 0.05) is 0 Å². The van der Waals surface area contributed by atoms with Gasteiger partial charge in [0.25, 0.3) is 0 Å². The molecule has 0 heterocycles. The molecule has 0 spiro atoms. The molecule has 0 aliphatic heterocycles. The highest BCUT2D eigenvalue weighted by Gasteiger charge is 2.10. The highest BCUT2D eigenvalue weighted by molar-refractivity contribution is 5.88. The summed E-state index contributed by atoms with van der Waals surface area (Å²) in [5.41, 5.74) is 2.67. The van der Waals surface area contributed by atoms with Gasteiger partial charge in [0.15, 0.2) is 0 Å². The van der Waals surface area contributed by atoms with Crippen LogP contribution in [0.3, 0.4) is 0 Å². The monoisotopic (exact) mass is 228 g/mol. The first-order valence-corrected chi connectivity index (χ1v) is 6.27. The summed E-state index contributed by atoms with van der Waals surface area (Å²) in [5.74, 6) is 1.49. The molecule has 17 heavy (non-hydrogen) atoms. The van der Waals surface area contributed by atoms with Crippen LogP contribution in [0, 0.1) is 0 Å². The van der Waals surface area contributed by atoms with Crippen molar-refractivity contribution in [2.24, 2.45) is 0 Å². The van der Waals surface area contributed by atoms with Crippen molar-refractivity contribution in [3.63, 3.8) is 0 Å². The zero-order valence-electron chi connectivity index (χ0n) is 11.1. The maximum Gasteiger partial charge on any atom is 0.122 e. The van der Waals surface area contributed by atoms with Gasteiger partial charge in [0.2, 0.25) is 0 Å². The summed E-state index contributed by atoms with van der Waals surface area (Å²) in [6, 6.07) is 11.0. The number of hydrogen-bond donors (Lipinski definition) is 0. The SMILES string of the molecule is CCc1cccc2cc(C(C)C)c(OC)cc12. The third kappa shape index (κ3) is 2.14. The number of fused-ring (bicyclic) bond motifs is 1. The molecular formula is C16H20O. The molecule has 0 saturated heterocycles. The fourth-order valence-corrected chi connectivity index (χ4v) is 2.32. The molecule has 0 amide bonds. The molecule has 1 heteroatoms. The van der Waals surface area contributed by atoms with Crippen molar-refractivity contribution in [2.45, 2.75) is 33.1 Å². The van der Waals surface area contributed by atoms with Crippen LogP contribution in [0.2, 0.25) is 0 Å². The van der Waals surface area contributed by atoms with Crippen LogP contribution >= 0.6 is 0 Å². The lowest BCUT2D eigenvalue weighted by Crippen LogP contribution is -1.95. The van der Waals surface area contributed by atoms with Gasteiger partial charge < -0.3 is 4.74 Å². The highest BCUT2D eigenvalue weighted by Crippen LogP contribution is 2.32. The van der Waals surface area contributed by atoms with Gasteiger partial charge in [-0.05, 0) is 46.4 Å². The maximum atomic E-state index is 5.51. The van der Waals surface area contributed by atoms with Crippen LogP contribution in [0.15, 0.2) is 30.3 Å². The second-order valence-electron chi connectivity index (χ2n) is 4.74. The highest BCUT2D eigenvalue weighted by atomic mass is 16.5. The van der Waals surface area contributed by atoms with E-state index in [2.05, 4.69) is 51.1 Å². The lowest BCUT2D eigenvalue weighted by Gasteiger charge is -2.14. The Balaban J connectivity index is 2.73. The zero-order valence-corrected chi connectivity index (χ0v) is 11.1. The Morgan fingerprint density at radius 3 is 2.53 bits per heavy atom. The second kappa shape index (κ2) is 4.79. The van der Waals surface area contributed by atoms with Gasteiger partial charge in [-0.1, -0.05) is 39.0 Å². The first-order valence-electron chi connectivity index (χ1n) is 6.27. The third-order valence-electron chi connectivity index (χ3n) is 3.32. The van der Waals surface area contributed by atoms with Gasteiger partial charge in [0.05, 0.1) is 7.11 Å². The van der Waals surface area contributed by atoms with Gasteiger partial charge in [-0.15, -0.1) is 0 Å². The van der Waals surface area contributed by atoms with Gasteiger partial charge in [-0.2, -0.15) is 0 Å². The van der Waals surface area contributed by atoms with E-state index in [1.807, 2.05) is 0 Å². The second-order valence-corrected chi connectivity index (χ2v) is 4.74. The van der Waals surface area contributed by atoms with Gasteiger partial charge in [-0.3, -0.25) is 0 Å². The Labute approximate surface area is 103 Å². The van der Waals surface area contributed by atoms with Crippen molar-refractivity contribution in [3.8, 4) is 5.75 Å². The average molecular weight is 228 g/mol. The molecule has 0 atom stereocenters. The summed E-state index contributed by atoms with van der Waals surface area (Å²) >= 11 is 0. The van der Waals surface area contributed by atoms with Crippen molar-refractivity contribution in [2.75, 3.05) is 7.11 Å². The molecule has 0 N–H and O–H groups in total. The van der Waals surface area contributed by atoms with Crippen LogP contribution in [0.25, 0.3) is 10.8 Å². The predicted molar refractivity (Wildman–Crippen MR) is 74.0 cm³/mol. The van der Waals surface area contributed by atoms with E-state index >= 15 is 0 Å². The number of hydrogen-bond acceptors (Lipinski definition) is 1. The van der Waals surface area contributed by atoms with E-state index in [0.29, 0.717) is 5.92 Å². The minimum atomic E-state index is 0.486. The van der Waals surface area contributed by atoms with E-state index in [-0.39, 0.29) is 0 Å². The Bertz CT molecular complexity index is 526. The number of methoxy groups -OCH3 is 1. The first-order chi connectivity index (χ1) is 8.17. The summed E-state index contributed by atoms with van der Waals surface area (Å²) < 4.78 is 5.51. The van der Waals surface area contributed by atoms with E-state index < -0.39 is 0 Å². The fraction of sp³-hybridized carbons (Fsp3) is 0.375. The standard InChI is InChI=1S/C16H20O/c1-5-12-7-6-8-13-9-14(11(2)3)16(17-4)10-15(12)13/h6-11H,5H2,1-4H3. The molecule has 2 aromatic rings. The van der Waals surface area contributed by atoms with Crippen molar-refractivity contribution in [3.05, 3.63) is 41.5 Å². The first kappa shape index (κ1) is 12.0. The molecule has 2 rings (SSSR count). The molecule has 90 valence electrons. The number of rotatable bonds is 3. The Hall–Kier alpha value is -1.50. The van der Waals surface area contributed by atoms with Crippen LogP contribution < -0.4 is 4.74 Å². The Morgan fingerprint density at radius 1 is 1.18 bits per heavy atom. The van der Waals surface area contributed by atoms with Gasteiger partial charge in [-0.25, -0.2) is 0 Å². The van der Waals surface area contributed by atoms with Crippen molar-refractivity contribution in [1.82, 2.24) is 0 Å². The summed E-state index contributed by atoms with van der Waals surface area (Å²) in [6.45, 7) is 6.60. The molecule has 0 radical (unpaired) electrons. The topological polar surface area (TPSA) is 9.23 Å². The lowest BCUT2D eigenvalue weighted by atomic mass is 9.95. The fourth-order valence-electron chi connectivity index (χ4n) is 2.32. The van der Waals surface area contributed by atoms with E-state index in [9.17, 15) is 0 Å². The quantitative estimate of drug-likeness (QED) is 0.749. The van der Waals surface area contributed by atoms with Crippen molar-refractivity contribution in [1.29, 1.82) is 0 Å². The third-order valence-corrected chi connectivity index (χ3v) is 3.32. The molecule has 2 aromatic carbocycles. The Kier molecular flexibility index (Phi) is 3.37. The summed E-state index contributed by atoms with van der Waals surface area (Å²) in [4.78, 5) is 0. The maximum absolute atomic E-state index is 5.51. The smallest absolute Gasteiger partial charge is 0.122 e. The summed E-state index contributed by atoms with van der Waals surface area (Å²) in [5, 5.41) is 2.63. The van der Waals surface area contributed by atoms with Crippen molar-refractivity contribution < 1.29 is 4.74 Å². The molecule has 0 saturated carbocycles. The van der Waals surface area contributed by atoms with Gasteiger partial charge in [0.1, 0.15) is 5.75 Å². The van der Waals surface area contributed by atoms with E-state index in [0.717, 1.165) is 12.2 Å². The van der Waals surface area contributed by atoms with E-state index in [1.165, 1.54) is 21.9 Å². The lowest BCUT2D eigenvalue weighted by molar-refractivity contribution is 0.408. The van der Waals surface area contributed by atoms with E-state index in [1.54, 1.807) is 7.11 Å². The normalized spacial score (nSPS) is 11.1. The summed E-state index contributed by atoms with van der Waals surface area (Å²) in [7, 11) is 1.75. The molecule has 1 nitrogen and oxygen atoms in total. The molecular weight excluding hydrogens is 208 g/mol. The number of benzene rings is 2. The molecule has 0 bridgehead atoms. The summed E-state index contributed by atoms with van der Waals surface area (Å²) in [6.07, 6.45) is 1.06.